The van der Waals surface area contributed by atoms with Crippen LogP contribution in [-0.2, 0) is 11.2 Å². The zero-order valence-corrected chi connectivity index (χ0v) is 16.7. The van der Waals surface area contributed by atoms with Gasteiger partial charge >= 0.3 is 0 Å². The summed E-state index contributed by atoms with van der Waals surface area (Å²) in [5, 5.41) is 13.9. The minimum atomic E-state index is -0.557. The Morgan fingerprint density at radius 3 is 2.26 bits per heavy atom. The number of aromatic nitrogens is 1. The number of amides is 2. The second-order valence-electron chi connectivity index (χ2n) is 7.02. The van der Waals surface area contributed by atoms with E-state index in [0.29, 0.717) is 29.4 Å². The van der Waals surface area contributed by atoms with Crippen molar-refractivity contribution in [1.29, 1.82) is 0 Å². The van der Waals surface area contributed by atoms with E-state index in [2.05, 4.69) is 15.3 Å². The molecule has 2 amide bonds. The average Bonchev–Trinajstić information content (AvgIpc) is 3.14. The number of rotatable bonds is 6. The molecule has 0 radical (unpaired) electrons. The molecule has 3 N–H and O–H groups in total. The monoisotopic (exact) mass is 411 g/mol. The van der Waals surface area contributed by atoms with E-state index in [1.54, 1.807) is 48.5 Å². The van der Waals surface area contributed by atoms with E-state index in [4.69, 9.17) is 0 Å². The summed E-state index contributed by atoms with van der Waals surface area (Å²) < 4.78 is 0. The first kappa shape index (κ1) is 20.1. The lowest BCUT2D eigenvalue weighted by Crippen LogP contribution is -2.33. The Labute approximate surface area is 179 Å². The van der Waals surface area contributed by atoms with Gasteiger partial charge in [-0.25, -0.2) is 4.99 Å². The highest BCUT2D eigenvalue weighted by molar-refractivity contribution is 6.49. The van der Waals surface area contributed by atoms with E-state index in [0.717, 1.165) is 5.56 Å². The van der Waals surface area contributed by atoms with Crippen molar-refractivity contribution >= 4 is 28.4 Å². The number of hydrogen-bond acceptors (Lipinski definition) is 3. The fraction of sp³-hybridized carbons (Fsp3) is 0.0800. The Hall–Kier alpha value is -4.19. The molecule has 0 unspecified atom stereocenters. The number of hydrogen-bond donors (Lipinski definition) is 3. The van der Waals surface area contributed by atoms with Gasteiger partial charge in [-0.2, -0.15) is 0 Å². The van der Waals surface area contributed by atoms with Crippen LogP contribution < -0.4 is 5.32 Å². The molecule has 1 aromatic heterocycles. The Morgan fingerprint density at radius 1 is 0.871 bits per heavy atom. The van der Waals surface area contributed by atoms with E-state index in [1.807, 2.05) is 36.4 Å². The molecule has 0 atom stereocenters. The molecule has 6 heteroatoms. The van der Waals surface area contributed by atoms with Crippen molar-refractivity contribution in [2.45, 2.75) is 6.42 Å². The van der Waals surface area contributed by atoms with Crippen molar-refractivity contribution in [3.8, 4) is 5.88 Å². The Bertz CT molecular complexity index is 1250. The standard InChI is InChI=1S/C25H21N3O3/c29-23(18-11-5-2-6-12-18)28-22(21-19-13-7-8-14-20(19)27-24(21)30)25(31)26-16-15-17-9-3-1-4-10-17/h1-14,27,30H,15-16H2,(H,26,31). The molecule has 4 aromatic rings. The number of fused-ring (bicyclic) bond motifs is 1. The van der Waals surface area contributed by atoms with E-state index in [9.17, 15) is 14.7 Å². The second kappa shape index (κ2) is 9.09. The van der Waals surface area contributed by atoms with Crippen LogP contribution in [0.1, 0.15) is 21.5 Å². The maximum atomic E-state index is 13.1. The Morgan fingerprint density at radius 2 is 1.52 bits per heavy atom. The van der Waals surface area contributed by atoms with Gasteiger partial charge in [-0.1, -0.05) is 66.7 Å². The minimum absolute atomic E-state index is 0.128. The lowest BCUT2D eigenvalue weighted by atomic mass is 10.1. The second-order valence-corrected chi connectivity index (χ2v) is 7.02. The molecule has 0 saturated carbocycles. The van der Waals surface area contributed by atoms with Gasteiger partial charge in [0, 0.05) is 23.0 Å². The van der Waals surface area contributed by atoms with Gasteiger partial charge in [-0.15, -0.1) is 0 Å². The summed E-state index contributed by atoms with van der Waals surface area (Å²) in [6.07, 6.45) is 0.631. The molecule has 3 aromatic carbocycles. The van der Waals surface area contributed by atoms with Crippen molar-refractivity contribution in [3.05, 3.63) is 102 Å². The minimum Gasteiger partial charge on any atom is -0.494 e. The molecule has 0 saturated heterocycles. The number of nitrogens with one attached hydrogen (secondary N) is 2. The number of nitrogens with zero attached hydrogens (tertiary/aromatic N) is 1. The fourth-order valence-electron chi connectivity index (χ4n) is 3.38. The number of benzene rings is 3. The third-order valence-electron chi connectivity index (χ3n) is 4.91. The van der Waals surface area contributed by atoms with Gasteiger partial charge in [0.1, 0.15) is 5.71 Å². The van der Waals surface area contributed by atoms with E-state index in [-0.39, 0.29) is 17.2 Å². The maximum Gasteiger partial charge on any atom is 0.277 e. The highest BCUT2D eigenvalue weighted by Crippen LogP contribution is 2.28. The zero-order chi connectivity index (χ0) is 21.6. The van der Waals surface area contributed by atoms with Crippen molar-refractivity contribution in [1.82, 2.24) is 10.3 Å². The average molecular weight is 411 g/mol. The summed E-state index contributed by atoms with van der Waals surface area (Å²) in [6, 6.07) is 25.4. The molecule has 31 heavy (non-hydrogen) atoms. The van der Waals surface area contributed by atoms with Gasteiger partial charge in [0.2, 0.25) is 0 Å². The zero-order valence-electron chi connectivity index (χ0n) is 16.7. The van der Waals surface area contributed by atoms with Crippen LogP contribution in [0.25, 0.3) is 10.9 Å². The molecule has 154 valence electrons. The number of H-pyrrole nitrogens is 1. The van der Waals surface area contributed by atoms with Crippen molar-refractivity contribution in [2.24, 2.45) is 4.99 Å². The third kappa shape index (κ3) is 4.53. The molecule has 0 spiro atoms. The number of carbonyl (C=O) groups is 2. The number of aliphatic imine (C=N–C) groups is 1. The summed E-state index contributed by atoms with van der Waals surface area (Å²) in [6.45, 7) is 0.366. The van der Waals surface area contributed by atoms with Crippen LogP contribution in [0.4, 0.5) is 0 Å². The van der Waals surface area contributed by atoms with Gasteiger partial charge in [0.25, 0.3) is 11.8 Å². The number of aromatic amines is 1. The largest absolute Gasteiger partial charge is 0.494 e. The smallest absolute Gasteiger partial charge is 0.277 e. The molecular weight excluding hydrogens is 390 g/mol. The summed E-state index contributed by atoms with van der Waals surface area (Å²) in [4.78, 5) is 32.8. The molecule has 6 nitrogen and oxygen atoms in total. The predicted molar refractivity (Wildman–Crippen MR) is 120 cm³/mol. The molecular formula is C25H21N3O3. The summed E-state index contributed by atoms with van der Waals surface area (Å²) in [7, 11) is 0. The molecule has 0 aliphatic rings. The van der Waals surface area contributed by atoms with Crippen LogP contribution in [0.15, 0.2) is 89.9 Å². The summed E-state index contributed by atoms with van der Waals surface area (Å²) >= 11 is 0. The van der Waals surface area contributed by atoms with E-state index in [1.165, 1.54) is 0 Å². The van der Waals surface area contributed by atoms with Gasteiger partial charge in [-0.3, -0.25) is 9.59 Å². The lowest BCUT2D eigenvalue weighted by molar-refractivity contribution is -0.114. The van der Waals surface area contributed by atoms with Crippen molar-refractivity contribution < 1.29 is 14.7 Å². The van der Waals surface area contributed by atoms with Crippen molar-refractivity contribution in [2.75, 3.05) is 6.54 Å². The lowest BCUT2D eigenvalue weighted by Gasteiger charge is -2.09. The SMILES string of the molecule is O=C(NCCc1ccccc1)C(=NC(=O)c1ccccc1)c1c(O)[nH]c2ccccc12. The number of aromatic hydroxyl groups is 1. The normalized spacial score (nSPS) is 11.4. The highest BCUT2D eigenvalue weighted by Gasteiger charge is 2.24. The van der Waals surface area contributed by atoms with Gasteiger partial charge in [0.15, 0.2) is 5.88 Å². The number of para-hydroxylation sites is 1. The first-order valence-electron chi connectivity index (χ1n) is 9.93. The molecule has 1 heterocycles. The molecule has 0 bridgehead atoms. The van der Waals surface area contributed by atoms with Crippen LogP contribution in [0, 0.1) is 0 Å². The van der Waals surface area contributed by atoms with Crippen LogP contribution >= 0.6 is 0 Å². The summed E-state index contributed by atoms with van der Waals surface area (Å²) in [5.74, 6) is -1.29. The topological polar surface area (TPSA) is 94.6 Å². The predicted octanol–water partition coefficient (Wildman–Crippen LogP) is 3.86. The molecule has 4 rings (SSSR count). The first-order chi connectivity index (χ1) is 15.1. The maximum absolute atomic E-state index is 13.1. The van der Waals surface area contributed by atoms with Gasteiger partial charge in [0.05, 0.1) is 5.56 Å². The van der Waals surface area contributed by atoms with Crippen molar-refractivity contribution in [3.63, 3.8) is 0 Å². The third-order valence-corrected chi connectivity index (χ3v) is 4.91. The number of carbonyl (C=O) groups excluding carboxylic acids is 2. The van der Waals surface area contributed by atoms with E-state index >= 15 is 0 Å². The van der Waals surface area contributed by atoms with Crippen LogP contribution in [0.3, 0.4) is 0 Å². The van der Waals surface area contributed by atoms with E-state index < -0.39 is 11.8 Å². The quantitative estimate of drug-likeness (QED) is 0.421. The first-order valence-corrected chi connectivity index (χ1v) is 9.93. The van der Waals surface area contributed by atoms with Gasteiger partial charge in [-0.05, 0) is 30.2 Å². The Kier molecular flexibility index (Phi) is 5.89. The van der Waals surface area contributed by atoms with Crippen LogP contribution in [-0.4, -0.2) is 34.2 Å². The Balaban J connectivity index is 1.67. The van der Waals surface area contributed by atoms with Crippen LogP contribution in [0.2, 0.25) is 0 Å². The molecule has 0 aliphatic heterocycles. The molecule has 0 fully saturated rings. The van der Waals surface area contributed by atoms with Crippen LogP contribution in [0.5, 0.6) is 5.88 Å². The van der Waals surface area contributed by atoms with Gasteiger partial charge < -0.3 is 15.4 Å². The fourth-order valence-corrected chi connectivity index (χ4v) is 3.38. The highest BCUT2D eigenvalue weighted by atomic mass is 16.3. The summed E-state index contributed by atoms with van der Waals surface area (Å²) in [5.41, 5.74) is 2.16. The molecule has 0 aliphatic carbocycles.